The largest absolute Gasteiger partial charge is 0.497 e. The predicted octanol–water partition coefficient (Wildman–Crippen LogP) is 0.223. The molecular formula is C5H8O4S. The second kappa shape index (κ2) is 2.25. The molecule has 0 aromatic heterocycles. The quantitative estimate of drug-likeness (QED) is 0.520. The SMILES string of the molecule is COC1=CS(=O)(=O)OC1C. The lowest BCUT2D eigenvalue weighted by molar-refractivity contribution is 0.180. The number of hydrogen-bond acceptors (Lipinski definition) is 4. The topological polar surface area (TPSA) is 52.6 Å². The van der Waals surface area contributed by atoms with Crippen LogP contribution in [0.1, 0.15) is 6.92 Å². The van der Waals surface area contributed by atoms with E-state index in [1.165, 1.54) is 7.11 Å². The Morgan fingerprint density at radius 3 is 2.50 bits per heavy atom. The van der Waals surface area contributed by atoms with Gasteiger partial charge in [-0.2, -0.15) is 8.42 Å². The maximum Gasteiger partial charge on any atom is 0.294 e. The zero-order valence-electron chi connectivity index (χ0n) is 5.70. The van der Waals surface area contributed by atoms with Gasteiger partial charge in [0, 0.05) is 0 Å². The maximum atomic E-state index is 10.6. The van der Waals surface area contributed by atoms with Gasteiger partial charge in [0.15, 0.2) is 0 Å². The molecule has 58 valence electrons. The van der Waals surface area contributed by atoms with Crippen LogP contribution in [0.4, 0.5) is 0 Å². The van der Waals surface area contributed by atoms with Gasteiger partial charge in [-0.15, -0.1) is 0 Å². The van der Waals surface area contributed by atoms with E-state index in [1.54, 1.807) is 6.92 Å². The van der Waals surface area contributed by atoms with Gasteiger partial charge in [0.1, 0.15) is 11.9 Å². The normalized spacial score (nSPS) is 29.8. The second-order valence-corrected chi connectivity index (χ2v) is 3.37. The molecule has 0 bridgehead atoms. The summed E-state index contributed by atoms with van der Waals surface area (Å²) in [5, 5.41) is 0.984. The lowest BCUT2D eigenvalue weighted by atomic mass is 10.4. The summed E-state index contributed by atoms with van der Waals surface area (Å²) >= 11 is 0. The van der Waals surface area contributed by atoms with Crippen LogP contribution in [0.2, 0.25) is 0 Å². The van der Waals surface area contributed by atoms with Gasteiger partial charge < -0.3 is 4.74 Å². The average molecular weight is 164 g/mol. The molecule has 5 heteroatoms. The first-order chi connectivity index (χ1) is 4.55. The van der Waals surface area contributed by atoms with Gasteiger partial charge in [-0.25, -0.2) is 0 Å². The lowest BCUT2D eigenvalue weighted by Crippen LogP contribution is -2.06. The van der Waals surface area contributed by atoms with E-state index in [0.717, 1.165) is 5.41 Å². The molecule has 0 aromatic rings. The van der Waals surface area contributed by atoms with Crippen molar-refractivity contribution in [2.24, 2.45) is 0 Å². The van der Waals surface area contributed by atoms with Gasteiger partial charge in [0.05, 0.1) is 12.5 Å². The minimum absolute atomic E-state index is 0.347. The highest BCUT2D eigenvalue weighted by Crippen LogP contribution is 2.20. The standard InChI is InChI=1S/C5H8O4S/c1-4-5(8-2)3-10(6,7)9-4/h3-4H,1-2H3. The summed E-state index contributed by atoms with van der Waals surface area (Å²) in [6.07, 6.45) is -0.477. The molecule has 0 spiro atoms. The average Bonchev–Trinajstić information content (AvgIpc) is 2.05. The van der Waals surface area contributed by atoms with Crippen LogP contribution in [0.15, 0.2) is 11.2 Å². The van der Waals surface area contributed by atoms with Gasteiger partial charge in [0.25, 0.3) is 10.1 Å². The van der Waals surface area contributed by atoms with E-state index in [-0.39, 0.29) is 0 Å². The molecule has 1 atom stereocenters. The third-order valence-corrected chi connectivity index (χ3v) is 2.25. The highest BCUT2D eigenvalue weighted by Gasteiger charge is 2.27. The monoisotopic (exact) mass is 164 g/mol. The molecule has 1 rings (SSSR count). The van der Waals surface area contributed by atoms with E-state index >= 15 is 0 Å². The van der Waals surface area contributed by atoms with Crippen molar-refractivity contribution in [2.75, 3.05) is 7.11 Å². The molecule has 4 nitrogen and oxygen atoms in total. The first-order valence-electron chi connectivity index (χ1n) is 2.74. The Labute approximate surface area is 59.6 Å². The van der Waals surface area contributed by atoms with Crippen molar-refractivity contribution < 1.29 is 17.3 Å². The van der Waals surface area contributed by atoms with Crippen molar-refractivity contribution in [3.05, 3.63) is 11.2 Å². The molecule has 1 unspecified atom stereocenters. The van der Waals surface area contributed by atoms with Crippen molar-refractivity contribution >= 4 is 10.1 Å². The summed E-state index contributed by atoms with van der Waals surface area (Å²) in [6, 6.07) is 0. The zero-order valence-corrected chi connectivity index (χ0v) is 6.51. The summed E-state index contributed by atoms with van der Waals surface area (Å²) in [5.74, 6) is 0.347. The Kier molecular flexibility index (Phi) is 1.70. The van der Waals surface area contributed by atoms with Crippen LogP contribution >= 0.6 is 0 Å². The molecule has 1 aliphatic rings. The molecule has 0 saturated carbocycles. The Balaban J connectivity index is 2.94. The fourth-order valence-electron chi connectivity index (χ4n) is 0.729. The Bertz CT molecular complexity index is 251. The van der Waals surface area contributed by atoms with Crippen LogP contribution in [-0.4, -0.2) is 21.6 Å². The molecule has 0 amide bonds. The summed E-state index contributed by atoms with van der Waals surface area (Å²) in [4.78, 5) is 0. The minimum atomic E-state index is -3.44. The highest BCUT2D eigenvalue weighted by molar-refractivity contribution is 7.89. The Hall–Kier alpha value is -0.550. The van der Waals surface area contributed by atoms with Crippen molar-refractivity contribution in [1.82, 2.24) is 0 Å². The summed E-state index contributed by atoms with van der Waals surface area (Å²) in [6.45, 7) is 1.61. The Morgan fingerprint density at radius 2 is 2.30 bits per heavy atom. The van der Waals surface area contributed by atoms with Crippen molar-refractivity contribution in [1.29, 1.82) is 0 Å². The first kappa shape index (κ1) is 7.56. The van der Waals surface area contributed by atoms with E-state index in [0.29, 0.717) is 5.76 Å². The Morgan fingerprint density at radius 1 is 1.70 bits per heavy atom. The third-order valence-electron chi connectivity index (χ3n) is 1.18. The summed E-state index contributed by atoms with van der Waals surface area (Å²) in [5.41, 5.74) is 0. The number of rotatable bonds is 1. The van der Waals surface area contributed by atoms with Crippen molar-refractivity contribution in [3.63, 3.8) is 0 Å². The van der Waals surface area contributed by atoms with E-state index < -0.39 is 16.2 Å². The molecule has 0 saturated heterocycles. The summed E-state index contributed by atoms with van der Waals surface area (Å²) < 4.78 is 30.5. The van der Waals surface area contributed by atoms with Crippen LogP contribution in [0.3, 0.4) is 0 Å². The van der Waals surface area contributed by atoms with Gasteiger partial charge in [-0.05, 0) is 6.92 Å². The van der Waals surface area contributed by atoms with Crippen LogP contribution in [0, 0.1) is 0 Å². The molecule has 0 aliphatic carbocycles. The smallest absolute Gasteiger partial charge is 0.294 e. The number of methoxy groups -OCH3 is 1. The van der Waals surface area contributed by atoms with Crippen LogP contribution in [-0.2, 0) is 19.0 Å². The fourth-order valence-corrected chi connectivity index (χ4v) is 1.85. The van der Waals surface area contributed by atoms with Gasteiger partial charge in [0.2, 0.25) is 0 Å². The molecule has 0 fully saturated rings. The highest BCUT2D eigenvalue weighted by atomic mass is 32.2. The maximum absolute atomic E-state index is 10.6. The predicted molar refractivity (Wildman–Crippen MR) is 34.6 cm³/mol. The summed E-state index contributed by atoms with van der Waals surface area (Å²) in [7, 11) is -2.03. The zero-order chi connectivity index (χ0) is 7.78. The van der Waals surface area contributed by atoms with E-state index in [2.05, 4.69) is 4.18 Å². The van der Waals surface area contributed by atoms with Crippen LogP contribution in [0.5, 0.6) is 0 Å². The van der Waals surface area contributed by atoms with Gasteiger partial charge in [-0.1, -0.05) is 0 Å². The van der Waals surface area contributed by atoms with Crippen LogP contribution in [0.25, 0.3) is 0 Å². The molecule has 0 N–H and O–H groups in total. The van der Waals surface area contributed by atoms with E-state index in [4.69, 9.17) is 4.74 Å². The van der Waals surface area contributed by atoms with E-state index in [9.17, 15) is 8.42 Å². The fraction of sp³-hybridized carbons (Fsp3) is 0.600. The second-order valence-electron chi connectivity index (χ2n) is 1.96. The minimum Gasteiger partial charge on any atom is -0.497 e. The molecule has 10 heavy (non-hydrogen) atoms. The first-order valence-corrected chi connectivity index (χ1v) is 4.21. The van der Waals surface area contributed by atoms with Crippen LogP contribution < -0.4 is 0 Å². The van der Waals surface area contributed by atoms with Crippen molar-refractivity contribution in [3.8, 4) is 0 Å². The molecule has 1 aliphatic heterocycles. The van der Waals surface area contributed by atoms with Gasteiger partial charge >= 0.3 is 0 Å². The molecule has 0 radical (unpaired) electrons. The van der Waals surface area contributed by atoms with E-state index in [1.807, 2.05) is 0 Å². The van der Waals surface area contributed by atoms with Gasteiger partial charge in [-0.3, -0.25) is 4.18 Å². The lowest BCUT2D eigenvalue weighted by Gasteiger charge is -2.03. The molecule has 1 heterocycles. The number of ether oxygens (including phenoxy) is 1. The molecular weight excluding hydrogens is 156 g/mol. The number of hydrogen-bond donors (Lipinski definition) is 0. The third kappa shape index (κ3) is 1.30. The van der Waals surface area contributed by atoms with Crippen molar-refractivity contribution in [2.45, 2.75) is 13.0 Å². The molecule has 0 aromatic carbocycles.